The van der Waals surface area contributed by atoms with Gasteiger partial charge in [0.15, 0.2) is 12.4 Å². The molecule has 1 N–H and O–H groups in total. The molecule has 0 bridgehead atoms. The van der Waals surface area contributed by atoms with E-state index in [2.05, 4.69) is 9.69 Å². The highest BCUT2D eigenvalue weighted by molar-refractivity contribution is 8.01. The van der Waals surface area contributed by atoms with Gasteiger partial charge < -0.3 is 14.2 Å². The van der Waals surface area contributed by atoms with E-state index in [-0.39, 0.29) is 13.2 Å². The fourth-order valence-corrected chi connectivity index (χ4v) is 4.08. The number of rotatable bonds is 6. The fraction of sp³-hybridized carbons (Fsp3) is 0.692. The van der Waals surface area contributed by atoms with Crippen molar-refractivity contribution in [2.45, 2.75) is 34.4 Å². The lowest BCUT2D eigenvalue weighted by atomic mass is 10.0. The normalized spacial score (nSPS) is 18.6. The van der Waals surface area contributed by atoms with E-state index >= 15 is 0 Å². The van der Waals surface area contributed by atoms with Crippen LogP contribution in [0, 0.1) is 10.1 Å². The number of aromatic nitrogens is 1. The van der Waals surface area contributed by atoms with Crippen LogP contribution < -0.4 is 5.32 Å². The summed E-state index contributed by atoms with van der Waals surface area (Å²) in [4.78, 5) is 23.0. The summed E-state index contributed by atoms with van der Waals surface area (Å²) in [7, 11) is 0. The number of anilines is 1. The van der Waals surface area contributed by atoms with Crippen LogP contribution in [0.15, 0.2) is 9.24 Å². The molecule has 9 nitrogen and oxygen atoms in total. The van der Waals surface area contributed by atoms with E-state index in [9.17, 15) is 14.9 Å². The number of nitrogens with zero attached hydrogens (tertiary/aromatic N) is 2. The van der Waals surface area contributed by atoms with E-state index in [0.717, 1.165) is 4.21 Å². The molecule has 0 aromatic carbocycles. The average Bonchev–Trinajstić information content (AvgIpc) is 2.95. The highest BCUT2D eigenvalue weighted by atomic mass is 32.2. The van der Waals surface area contributed by atoms with Gasteiger partial charge in [-0.2, -0.15) is 4.37 Å². The second-order valence-electron chi connectivity index (χ2n) is 5.72. The third kappa shape index (κ3) is 4.76. The Morgan fingerprint density at radius 3 is 2.56 bits per heavy atom. The van der Waals surface area contributed by atoms with Crippen molar-refractivity contribution in [3.8, 4) is 0 Å². The summed E-state index contributed by atoms with van der Waals surface area (Å²) in [6, 6.07) is 0. The molecular weight excluding hydrogens is 390 g/mol. The van der Waals surface area contributed by atoms with E-state index in [1.165, 1.54) is 35.1 Å². The van der Waals surface area contributed by atoms with Crippen molar-refractivity contribution >= 4 is 46.8 Å². The Hall–Kier alpha value is -1.08. The van der Waals surface area contributed by atoms with Crippen molar-refractivity contribution in [1.82, 2.24) is 4.37 Å². The number of amides is 1. The Kier molecular flexibility index (Phi) is 6.54. The van der Waals surface area contributed by atoms with Crippen LogP contribution in [-0.2, 0) is 14.2 Å². The Morgan fingerprint density at radius 2 is 2.04 bits per heavy atom. The van der Waals surface area contributed by atoms with Gasteiger partial charge in [0, 0.05) is 4.92 Å². The van der Waals surface area contributed by atoms with E-state index in [1.807, 2.05) is 12.5 Å². The Bertz CT molecular complexity index is 619. The van der Waals surface area contributed by atoms with Crippen molar-refractivity contribution in [3.05, 3.63) is 10.1 Å². The third-order valence-electron chi connectivity index (χ3n) is 3.47. The summed E-state index contributed by atoms with van der Waals surface area (Å²) in [6.07, 6.45) is 2.93. The van der Waals surface area contributed by atoms with Crippen molar-refractivity contribution in [1.29, 1.82) is 0 Å². The highest BCUT2D eigenvalue weighted by Crippen LogP contribution is 2.37. The molecule has 1 aliphatic heterocycles. The number of carbonyl (C=O) groups excluding carboxylic acids is 1. The Morgan fingerprint density at radius 1 is 1.40 bits per heavy atom. The fourth-order valence-electron chi connectivity index (χ4n) is 1.92. The topological polar surface area (TPSA) is 113 Å². The van der Waals surface area contributed by atoms with Gasteiger partial charge in [-0.1, -0.05) is 0 Å². The zero-order valence-electron chi connectivity index (χ0n) is 14.2. The van der Waals surface area contributed by atoms with Crippen LogP contribution >= 0.6 is 35.1 Å². The van der Waals surface area contributed by atoms with Crippen LogP contribution in [0.5, 0.6) is 0 Å². The SMILES string of the molecule is CSc1nsc(SC)c1NC(=O)OCC1([N+](=O)[O-])COC(C)(C)OC1. The summed E-state index contributed by atoms with van der Waals surface area (Å²) in [6.45, 7) is 2.48. The molecule has 2 heterocycles. The molecule has 140 valence electrons. The molecule has 0 spiro atoms. The Balaban J connectivity index is 2.01. The van der Waals surface area contributed by atoms with Gasteiger partial charge in [-0.3, -0.25) is 15.4 Å². The van der Waals surface area contributed by atoms with E-state index < -0.39 is 28.9 Å². The summed E-state index contributed by atoms with van der Waals surface area (Å²) in [5.41, 5.74) is -1.06. The first-order valence-corrected chi connectivity index (χ1v) is 10.4. The van der Waals surface area contributed by atoms with Gasteiger partial charge in [-0.05, 0) is 37.9 Å². The lowest BCUT2D eigenvalue weighted by molar-refractivity contribution is -0.598. The van der Waals surface area contributed by atoms with Gasteiger partial charge in [0.25, 0.3) is 0 Å². The minimum Gasteiger partial charge on any atom is -0.441 e. The lowest BCUT2D eigenvalue weighted by Crippen LogP contribution is -2.58. The van der Waals surface area contributed by atoms with Gasteiger partial charge in [0.1, 0.15) is 28.1 Å². The first-order valence-electron chi connectivity index (χ1n) is 7.17. The van der Waals surface area contributed by atoms with Crippen LogP contribution in [0.3, 0.4) is 0 Å². The van der Waals surface area contributed by atoms with Crippen LogP contribution in [0.1, 0.15) is 13.8 Å². The van der Waals surface area contributed by atoms with Gasteiger partial charge >= 0.3 is 11.6 Å². The van der Waals surface area contributed by atoms with Crippen LogP contribution in [-0.4, -0.2) is 59.0 Å². The molecule has 1 amide bonds. The molecule has 0 unspecified atom stereocenters. The van der Waals surface area contributed by atoms with Crippen molar-refractivity contribution < 1.29 is 23.9 Å². The molecular formula is C13H19N3O6S3. The lowest BCUT2D eigenvalue weighted by Gasteiger charge is -2.37. The van der Waals surface area contributed by atoms with Crippen molar-refractivity contribution in [2.24, 2.45) is 0 Å². The number of hydrogen-bond acceptors (Lipinski definition) is 10. The van der Waals surface area contributed by atoms with Gasteiger partial charge in [-0.25, -0.2) is 4.79 Å². The smallest absolute Gasteiger partial charge is 0.412 e. The predicted molar refractivity (Wildman–Crippen MR) is 96.4 cm³/mol. The molecule has 1 aromatic rings. The molecule has 1 aliphatic rings. The second kappa shape index (κ2) is 8.08. The number of thioether (sulfide) groups is 2. The molecule has 1 saturated heterocycles. The maximum absolute atomic E-state index is 12.1. The highest BCUT2D eigenvalue weighted by Gasteiger charge is 2.51. The second-order valence-corrected chi connectivity index (χ2v) is 8.36. The van der Waals surface area contributed by atoms with Crippen LogP contribution in [0.25, 0.3) is 0 Å². The van der Waals surface area contributed by atoms with E-state index in [1.54, 1.807) is 13.8 Å². The van der Waals surface area contributed by atoms with Gasteiger partial charge in [0.2, 0.25) is 0 Å². The Labute approximate surface area is 157 Å². The number of nitrogens with one attached hydrogen (secondary N) is 1. The summed E-state index contributed by atoms with van der Waals surface area (Å²) < 4.78 is 20.9. The largest absolute Gasteiger partial charge is 0.441 e. The summed E-state index contributed by atoms with van der Waals surface area (Å²) in [5, 5.41) is 14.7. The molecule has 0 radical (unpaired) electrons. The maximum atomic E-state index is 12.1. The molecule has 0 atom stereocenters. The summed E-state index contributed by atoms with van der Waals surface area (Å²) in [5.74, 6) is -0.898. The monoisotopic (exact) mass is 409 g/mol. The van der Waals surface area contributed by atoms with Gasteiger partial charge in [0.05, 0.1) is 0 Å². The zero-order chi connectivity index (χ0) is 18.7. The standard InChI is InChI=1S/C13H19N3O6S3/c1-12(2)21-6-13(7-22-12,16(18)19)5-20-11(17)14-8-9(23-3)15-25-10(8)24-4/h5-7H2,1-4H3,(H,14,17). The molecule has 0 aliphatic carbocycles. The maximum Gasteiger partial charge on any atom is 0.412 e. The van der Waals surface area contributed by atoms with Crippen molar-refractivity contribution in [2.75, 3.05) is 37.6 Å². The number of ether oxygens (including phenoxy) is 3. The van der Waals surface area contributed by atoms with Crippen molar-refractivity contribution in [3.63, 3.8) is 0 Å². The van der Waals surface area contributed by atoms with Crippen LogP contribution in [0.4, 0.5) is 10.5 Å². The predicted octanol–water partition coefficient (Wildman–Crippen LogP) is 2.93. The summed E-state index contributed by atoms with van der Waals surface area (Å²) >= 11 is 4.11. The first kappa shape index (κ1) is 20.2. The molecule has 12 heteroatoms. The number of carbonyl (C=O) groups is 1. The molecule has 1 aromatic heterocycles. The molecule has 2 rings (SSSR count). The van der Waals surface area contributed by atoms with E-state index in [0.29, 0.717) is 10.7 Å². The first-order chi connectivity index (χ1) is 11.7. The minimum atomic E-state index is -1.62. The van der Waals surface area contributed by atoms with E-state index in [4.69, 9.17) is 14.2 Å². The number of nitro groups is 1. The zero-order valence-corrected chi connectivity index (χ0v) is 16.6. The third-order valence-corrected chi connectivity index (χ3v) is 6.21. The molecule has 25 heavy (non-hydrogen) atoms. The minimum absolute atomic E-state index is 0.202. The molecule has 1 fully saturated rings. The quantitative estimate of drug-likeness (QED) is 0.430. The molecule has 0 saturated carbocycles. The van der Waals surface area contributed by atoms with Crippen LogP contribution in [0.2, 0.25) is 0 Å². The number of hydrogen-bond donors (Lipinski definition) is 1. The average molecular weight is 410 g/mol. The van der Waals surface area contributed by atoms with Gasteiger partial charge in [-0.15, -0.1) is 23.5 Å².